The molecule has 0 radical (unpaired) electrons. The molecule has 0 saturated carbocycles. The second kappa shape index (κ2) is 31.8. The third-order valence-electron chi connectivity index (χ3n) is 14.4. The number of nitrogens with one attached hydrogen (secondary N) is 7. The highest BCUT2D eigenvalue weighted by Crippen LogP contribution is 2.23. The first-order valence-electron chi connectivity index (χ1n) is 27.9. The first kappa shape index (κ1) is 66.3. The smallest absolute Gasteiger partial charge is 0.326 e. The number of carboxylic acids is 2. The van der Waals surface area contributed by atoms with Gasteiger partial charge in [-0.25, -0.2) is 4.79 Å². The third-order valence-corrected chi connectivity index (χ3v) is 14.4. The van der Waals surface area contributed by atoms with Crippen LogP contribution in [0.1, 0.15) is 82.9 Å². The van der Waals surface area contributed by atoms with Crippen LogP contribution in [0.25, 0.3) is 0 Å². The number of hydrogen-bond donors (Lipinski definition) is 13. The molecule has 2 aliphatic heterocycles. The predicted octanol–water partition coefficient (Wildman–Crippen LogP) is -1.63. The summed E-state index contributed by atoms with van der Waals surface area (Å²) in [7, 11) is 0. The maximum atomic E-state index is 14.7. The molecule has 0 aromatic heterocycles. The van der Waals surface area contributed by atoms with E-state index in [0.29, 0.717) is 24.0 Å². The molecule has 5 rings (SSSR count). The van der Waals surface area contributed by atoms with E-state index in [9.17, 15) is 78.3 Å². The lowest BCUT2D eigenvalue weighted by Crippen LogP contribution is -2.61. The fourth-order valence-corrected chi connectivity index (χ4v) is 9.96. The molecule has 2 saturated heterocycles. The predicted molar refractivity (Wildman–Crippen MR) is 301 cm³/mol. The molecule has 26 heteroatoms. The lowest BCUT2D eigenvalue weighted by molar-refractivity contribution is -0.144. The molecule has 26 nitrogen and oxygen atoms in total. The number of likely N-dealkylation sites (tertiary alicyclic amines) is 2. The molecule has 14 N–H and O–H groups in total. The lowest BCUT2D eigenvalue weighted by Gasteiger charge is -2.31. The maximum Gasteiger partial charge on any atom is 0.326 e. The Balaban J connectivity index is 1.33. The van der Waals surface area contributed by atoms with Crippen LogP contribution in [0, 0.1) is 11.8 Å². The molecule has 9 amide bonds. The summed E-state index contributed by atoms with van der Waals surface area (Å²) in [4.78, 5) is 152. The quantitative estimate of drug-likeness (QED) is 0.0356. The summed E-state index contributed by atoms with van der Waals surface area (Å²) < 4.78 is 0. The van der Waals surface area contributed by atoms with Gasteiger partial charge in [-0.3, -0.25) is 47.9 Å². The Bertz CT molecular complexity index is 2790. The second-order valence-corrected chi connectivity index (χ2v) is 21.8. The summed E-state index contributed by atoms with van der Waals surface area (Å²) in [6.07, 6.45) is -0.316. The van der Waals surface area contributed by atoms with Gasteiger partial charge in [0, 0.05) is 25.9 Å². The van der Waals surface area contributed by atoms with Crippen LogP contribution in [-0.2, 0) is 72.0 Å². The van der Waals surface area contributed by atoms with Gasteiger partial charge in [0.2, 0.25) is 53.2 Å². The second-order valence-electron chi connectivity index (χ2n) is 21.8. The molecule has 10 atom stereocenters. The number of amides is 9. The molecule has 84 heavy (non-hydrogen) atoms. The van der Waals surface area contributed by atoms with Gasteiger partial charge in [0.25, 0.3) is 0 Å². The number of carboxylic acid groups (broad SMARTS) is 2. The van der Waals surface area contributed by atoms with Crippen molar-refractivity contribution in [2.75, 3.05) is 26.3 Å². The molecule has 456 valence electrons. The number of carbonyl (C=O) groups excluding carboxylic acids is 9. The van der Waals surface area contributed by atoms with Crippen molar-refractivity contribution in [2.45, 2.75) is 146 Å². The summed E-state index contributed by atoms with van der Waals surface area (Å²) >= 11 is 0. The summed E-state index contributed by atoms with van der Waals surface area (Å²) in [5.74, 6) is -11.8. The van der Waals surface area contributed by atoms with Gasteiger partial charge in [0.1, 0.15) is 60.1 Å². The van der Waals surface area contributed by atoms with E-state index >= 15 is 0 Å². The Morgan fingerprint density at radius 3 is 1.40 bits per heavy atom. The molecule has 0 unspecified atom stereocenters. The molecule has 0 bridgehead atoms. The topological polar surface area (TPSA) is 406 Å². The first-order chi connectivity index (χ1) is 39.9. The maximum absolute atomic E-state index is 14.7. The zero-order chi connectivity index (χ0) is 61.8. The van der Waals surface area contributed by atoms with Crippen LogP contribution in [-0.4, -0.2) is 187 Å². The van der Waals surface area contributed by atoms with Gasteiger partial charge >= 0.3 is 11.9 Å². The standard InChI is InChI=1S/C58H78N10O16/c1-32(2)25-41(62-49(74)38(59)26-34-13-7-5-8-14-34)56(81)67-23-11-17-45(67)54(79)64-43(30-69)52(77)61-40(29-47(72)73)51(76)60-39(27-36-19-21-37(71)22-20-36)50(75)63-42(28-35-15-9-6-10-16-35)57(82)68-24-12-18-46(68)55(80)65-44(31-70)53(78)66-48(33(3)4)58(83)84/h5-10,13-16,19-22,32-33,38-46,48,69-71H,11-12,17-18,23-31,59H2,1-4H3,(H,60,76)(H,61,77)(H,62,74)(H,63,75)(H,64,79)(H,65,80)(H,66,78)(H,72,73)(H,83,84)/t38-,39-,40-,41-,42-,43-,44-,45-,46-,48-/m0/s1. The number of carbonyl (C=O) groups is 11. The SMILES string of the molecule is CC(C)C[C@H](NC(=O)[C@@H](N)Cc1ccccc1)C(=O)N1CCC[C@H]1C(=O)N[C@@H](CO)C(=O)N[C@@H](CC(=O)O)C(=O)N[C@@H](Cc1ccc(O)cc1)C(=O)N[C@@H](Cc1ccccc1)C(=O)N1CCC[C@H]1C(=O)N[C@@H](CO)C(=O)N[C@H](C(=O)O)C(C)C. The van der Waals surface area contributed by atoms with Gasteiger partial charge < -0.3 is 78.3 Å². The number of rotatable bonds is 30. The Kier molecular flexibility index (Phi) is 25.1. The number of phenols is 1. The Morgan fingerprint density at radius 2 is 0.929 bits per heavy atom. The van der Waals surface area contributed by atoms with Crippen molar-refractivity contribution in [1.82, 2.24) is 47.0 Å². The van der Waals surface area contributed by atoms with E-state index in [0.717, 1.165) is 5.56 Å². The summed E-state index contributed by atoms with van der Waals surface area (Å²) in [5.41, 5.74) is 7.94. The zero-order valence-electron chi connectivity index (χ0n) is 47.4. The Hall–Kier alpha value is -8.49. The van der Waals surface area contributed by atoms with Crippen molar-refractivity contribution >= 4 is 65.1 Å². The summed E-state index contributed by atoms with van der Waals surface area (Å²) in [6, 6.07) is 8.63. The number of hydrogen-bond acceptors (Lipinski definition) is 15. The minimum absolute atomic E-state index is 0.00295. The van der Waals surface area contributed by atoms with Crippen LogP contribution in [0.15, 0.2) is 84.9 Å². The van der Waals surface area contributed by atoms with Crippen LogP contribution in [0.3, 0.4) is 0 Å². The normalized spacial score (nSPS) is 17.7. The van der Waals surface area contributed by atoms with Gasteiger partial charge in [-0.2, -0.15) is 0 Å². The zero-order valence-corrected chi connectivity index (χ0v) is 47.4. The van der Waals surface area contributed by atoms with E-state index in [2.05, 4.69) is 37.2 Å². The van der Waals surface area contributed by atoms with Gasteiger partial charge in [-0.05, 0) is 79.2 Å². The van der Waals surface area contributed by atoms with E-state index in [1.807, 2.05) is 32.0 Å². The van der Waals surface area contributed by atoms with E-state index < -0.39 is 151 Å². The first-order valence-corrected chi connectivity index (χ1v) is 27.9. The highest BCUT2D eigenvalue weighted by molar-refractivity contribution is 5.99. The van der Waals surface area contributed by atoms with Crippen LogP contribution in [0.4, 0.5) is 0 Å². The van der Waals surface area contributed by atoms with E-state index in [4.69, 9.17) is 5.73 Å². The molecular formula is C58H78N10O16. The Morgan fingerprint density at radius 1 is 0.512 bits per heavy atom. The number of phenolic OH excluding ortho intramolecular Hbond substituents is 1. The molecule has 3 aromatic carbocycles. The van der Waals surface area contributed by atoms with Crippen molar-refractivity contribution in [3.63, 3.8) is 0 Å². The van der Waals surface area contributed by atoms with Crippen molar-refractivity contribution in [1.29, 1.82) is 0 Å². The fraction of sp³-hybridized carbons (Fsp3) is 0.500. The van der Waals surface area contributed by atoms with Crippen LogP contribution in [0.5, 0.6) is 5.75 Å². The number of aliphatic hydroxyl groups excluding tert-OH is 2. The number of aromatic hydroxyl groups is 1. The van der Waals surface area contributed by atoms with Gasteiger partial charge in [0.05, 0.1) is 25.7 Å². The van der Waals surface area contributed by atoms with Crippen molar-refractivity contribution in [3.05, 3.63) is 102 Å². The number of aliphatic hydroxyl groups is 2. The lowest BCUT2D eigenvalue weighted by atomic mass is 10.0. The van der Waals surface area contributed by atoms with Crippen molar-refractivity contribution in [2.24, 2.45) is 17.6 Å². The molecule has 2 aliphatic rings. The fourth-order valence-electron chi connectivity index (χ4n) is 9.96. The molecular weight excluding hydrogens is 1090 g/mol. The highest BCUT2D eigenvalue weighted by atomic mass is 16.4. The van der Waals surface area contributed by atoms with Crippen molar-refractivity contribution in [3.8, 4) is 5.75 Å². The van der Waals surface area contributed by atoms with Crippen LogP contribution < -0.4 is 43.0 Å². The molecule has 0 aliphatic carbocycles. The third kappa shape index (κ3) is 19.3. The molecule has 0 spiro atoms. The monoisotopic (exact) mass is 1170 g/mol. The number of benzene rings is 3. The van der Waals surface area contributed by atoms with Gasteiger partial charge in [-0.15, -0.1) is 0 Å². The summed E-state index contributed by atoms with van der Waals surface area (Å²) in [6.45, 7) is 4.93. The van der Waals surface area contributed by atoms with Crippen molar-refractivity contribution < 1.29 is 78.3 Å². The minimum atomic E-state index is -1.97. The minimum Gasteiger partial charge on any atom is -0.508 e. The van der Waals surface area contributed by atoms with E-state index in [-0.39, 0.29) is 63.3 Å². The van der Waals surface area contributed by atoms with E-state index in [1.54, 1.807) is 56.3 Å². The van der Waals surface area contributed by atoms with Gasteiger partial charge in [0.15, 0.2) is 0 Å². The highest BCUT2D eigenvalue weighted by Gasteiger charge is 2.42. The molecule has 2 fully saturated rings. The van der Waals surface area contributed by atoms with Crippen LogP contribution >= 0.6 is 0 Å². The average molecular weight is 1170 g/mol. The molecule has 3 aromatic rings. The largest absolute Gasteiger partial charge is 0.508 e. The number of aliphatic carboxylic acids is 2. The van der Waals surface area contributed by atoms with Gasteiger partial charge in [-0.1, -0.05) is 100 Å². The molecule has 2 heterocycles. The van der Waals surface area contributed by atoms with Crippen LogP contribution in [0.2, 0.25) is 0 Å². The summed E-state index contributed by atoms with van der Waals surface area (Å²) in [5, 5.41) is 67.3. The van der Waals surface area contributed by atoms with E-state index in [1.165, 1.54) is 34.1 Å². The average Bonchev–Trinajstić information content (AvgIpc) is 4.25. The number of nitrogens with zero attached hydrogens (tertiary/aromatic N) is 2. The number of nitrogens with two attached hydrogens (primary N) is 1. The Labute approximate surface area is 486 Å².